The van der Waals surface area contributed by atoms with E-state index in [-0.39, 0.29) is 5.91 Å². The summed E-state index contributed by atoms with van der Waals surface area (Å²) in [5.74, 6) is 1.84. The van der Waals surface area contributed by atoms with Gasteiger partial charge in [-0.3, -0.25) is 9.79 Å². The molecule has 0 atom stereocenters. The van der Waals surface area contributed by atoms with Crippen molar-refractivity contribution in [1.29, 1.82) is 0 Å². The average Bonchev–Trinajstić information content (AvgIpc) is 2.61. The maximum Gasteiger partial charge on any atom is 0.224 e. The summed E-state index contributed by atoms with van der Waals surface area (Å²) in [4.78, 5) is 20.7. The van der Waals surface area contributed by atoms with Crippen molar-refractivity contribution in [2.24, 2.45) is 10.9 Å². The van der Waals surface area contributed by atoms with Crippen molar-refractivity contribution in [3.05, 3.63) is 0 Å². The molecule has 1 aliphatic heterocycles. The van der Waals surface area contributed by atoms with Gasteiger partial charge in [-0.25, -0.2) is 0 Å². The fraction of sp³-hybridized carbons (Fsp3) is 0.889. The summed E-state index contributed by atoms with van der Waals surface area (Å²) in [7, 11) is 2.08. The maximum atomic E-state index is 12.1. The van der Waals surface area contributed by atoms with E-state index in [9.17, 15) is 4.79 Å². The van der Waals surface area contributed by atoms with Gasteiger partial charge in [0.15, 0.2) is 5.96 Å². The average molecular weight is 341 g/mol. The number of hydrogen-bond donors (Lipinski definition) is 1. The number of ether oxygens (including phenoxy) is 1. The van der Waals surface area contributed by atoms with Crippen molar-refractivity contribution in [2.75, 3.05) is 53.0 Å². The second-order valence-corrected chi connectivity index (χ2v) is 6.32. The number of aliphatic imine (C=N–C) groups is 1. The number of hydrogen-bond acceptors (Lipinski definition) is 3. The van der Waals surface area contributed by atoms with Crippen LogP contribution in [0.25, 0.3) is 0 Å². The molecule has 0 saturated carbocycles. The van der Waals surface area contributed by atoms with Gasteiger partial charge in [-0.15, -0.1) is 0 Å². The molecule has 1 saturated heterocycles. The lowest BCUT2D eigenvalue weighted by Crippen LogP contribution is -2.40. The quantitative estimate of drug-likeness (QED) is 0.515. The molecule has 0 radical (unpaired) electrons. The largest absolute Gasteiger partial charge is 0.381 e. The first-order valence-electron chi connectivity index (χ1n) is 9.47. The Morgan fingerprint density at radius 1 is 1.21 bits per heavy atom. The van der Waals surface area contributed by atoms with E-state index in [1.807, 2.05) is 18.7 Å². The van der Waals surface area contributed by atoms with Crippen molar-refractivity contribution in [3.8, 4) is 0 Å². The van der Waals surface area contributed by atoms with Crippen LogP contribution in [0, 0.1) is 5.92 Å². The van der Waals surface area contributed by atoms with Crippen molar-refractivity contribution >= 4 is 11.9 Å². The van der Waals surface area contributed by atoms with E-state index in [2.05, 4.69) is 29.2 Å². The van der Waals surface area contributed by atoms with Crippen LogP contribution in [0.3, 0.4) is 0 Å². The molecule has 1 heterocycles. The van der Waals surface area contributed by atoms with Crippen LogP contribution < -0.4 is 5.32 Å². The molecule has 24 heavy (non-hydrogen) atoms. The van der Waals surface area contributed by atoms with Crippen LogP contribution in [0.15, 0.2) is 4.99 Å². The fourth-order valence-electron chi connectivity index (χ4n) is 2.98. The fourth-order valence-corrected chi connectivity index (χ4v) is 2.98. The van der Waals surface area contributed by atoms with Crippen LogP contribution in [0.5, 0.6) is 0 Å². The smallest absolute Gasteiger partial charge is 0.224 e. The summed E-state index contributed by atoms with van der Waals surface area (Å²) >= 11 is 0. The van der Waals surface area contributed by atoms with Crippen LogP contribution in [0.4, 0.5) is 0 Å². The number of guanidine groups is 1. The van der Waals surface area contributed by atoms with Crippen molar-refractivity contribution in [3.63, 3.8) is 0 Å². The zero-order valence-electron chi connectivity index (χ0n) is 16.0. The lowest BCUT2D eigenvalue weighted by atomic mass is 9.96. The molecule has 0 spiro atoms. The maximum absolute atomic E-state index is 12.1. The topological polar surface area (TPSA) is 57.2 Å². The third-order valence-electron chi connectivity index (χ3n) is 4.61. The van der Waals surface area contributed by atoms with E-state index >= 15 is 0 Å². The predicted octanol–water partition coefficient (Wildman–Crippen LogP) is 1.96. The highest BCUT2D eigenvalue weighted by atomic mass is 16.5. The number of nitrogens with zero attached hydrogens (tertiary/aromatic N) is 3. The Labute approximate surface area is 147 Å². The van der Waals surface area contributed by atoms with Crippen molar-refractivity contribution in [1.82, 2.24) is 15.1 Å². The van der Waals surface area contributed by atoms with Crippen molar-refractivity contribution < 1.29 is 9.53 Å². The summed E-state index contributed by atoms with van der Waals surface area (Å²) < 4.78 is 5.42. The lowest BCUT2D eigenvalue weighted by Gasteiger charge is -2.27. The molecule has 6 nitrogen and oxygen atoms in total. The van der Waals surface area contributed by atoms with Gasteiger partial charge >= 0.3 is 0 Å². The Morgan fingerprint density at radius 2 is 1.88 bits per heavy atom. The highest BCUT2D eigenvalue weighted by molar-refractivity contribution is 5.80. The Kier molecular flexibility index (Phi) is 10.5. The van der Waals surface area contributed by atoms with E-state index in [1.54, 1.807) is 0 Å². The van der Waals surface area contributed by atoms with Crippen LogP contribution in [-0.2, 0) is 9.53 Å². The standard InChI is InChI=1S/C18H36N4O2/c1-5-19-18(20-12-8-17(23)22(6-2)7-3)21(4)13-9-16-10-14-24-15-11-16/h16H,5-15H2,1-4H3,(H,19,20). The highest BCUT2D eigenvalue weighted by Crippen LogP contribution is 2.18. The van der Waals surface area contributed by atoms with Crippen LogP contribution >= 0.6 is 0 Å². The van der Waals surface area contributed by atoms with E-state index in [0.29, 0.717) is 13.0 Å². The molecule has 1 N–H and O–H groups in total. The number of nitrogens with one attached hydrogen (secondary N) is 1. The summed E-state index contributed by atoms with van der Waals surface area (Å²) in [6.45, 7) is 11.8. The second kappa shape index (κ2) is 12.1. The number of carbonyl (C=O) groups excluding carboxylic acids is 1. The zero-order valence-corrected chi connectivity index (χ0v) is 16.0. The molecule has 0 aliphatic carbocycles. The first kappa shape index (κ1) is 20.7. The minimum absolute atomic E-state index is 0.185. The first-order valence-corrected chi connectivity index (χ1v) is 9.47. The van der Waals surface area contributed by atoms with Crippen LogP contribution in [0.2, 0.25) is 0 Å². The first-order chi connectivity index (χ1) is 11.6. The lowest BCUT2D eigenvalue weighted by molar-refractivity contribution is -0.130. The monoisotopic (exact) mass is 340 g/mol. The van der Waals surface area contributed by atoms with Crippen LogP contribution in [0.1, 0.15) is 46.5 Å². The molecule has 0 aromatic rings. The molecular formula is C18H36N4O2. The van der Waals surface area contributed by atoms with E-state index in [4.69, 9.17) is 4.74 Å². The highest BCUT2D eigenvalue weighted by Gasteiger charge is 2.15. The third kappa shape index (κ3) is 7.51. The molecule has 1 amide bonds. The second-order valence-electron chi connectivity index (χ2n) is 6.32. The predicted molar refractivity (Wildman–Crippen MR) is 99.3 cm³/mol. The Balaban J connectivity index is 2.43. The SMILES string of the molecule is CCNC(=NCCC(=O)N(CC)CC)N(C)CCC1CCOCC1. The number of carbonyl (C=O) groups is 1. The molecule has 1 aliphatic rings. The van der Waals surface area contributed by atoms with Gasteiger partial charge in [0.25, 0.3) is 0 Å². The minimum atomic E-state index is 0.185. The molecule has 6 heteroatoms. The Hall–Kier alpha value is -1.30. The molecule has 0 bridgehead atoms. The van der Waals surface area contributed by atoms with Gasteiger partial charge in [0, 0.05) is 52.9 Å². The summed E-state index contributed by atoms with van der Waals surface area (Å²) in [6.07, 6.45) is 3.98. The van der Waals surface area contributed by atoms with Gasteiger partial charge in [-0.2, -0.15) is 0 Å². The molecular weight excluding hydrogens is 304 g/mol. The molecule has 0 aromatic heterocycles. The number of amides is 1. The van der Waals surface area contributed by atoms with Crippen molar-refractivity contribution in [2.45, 2.75) is 46.5 Å². The summed E-state index contributed by atoms with van der Waals surface area (Å²) in [5, 5.41) is 3.33. The van der Waals surface area contributed by atoms with Gasteiger partial charge in [0.2, 0.25) is 5.91 Å². The van der Waals surface area contributed by atoms with Gasteiger partial charge < -0.3 is 19.9 Å². The molecule has 1 rings (SSSR count). The summed E-state index contributed by atoms with van der Waals surface area (Å²) in [6, 6.07) is 0. The zero-order chi connectivity index (χ0) is 17.8. The van der Waals surface area contributed by atoms with Gasteiger partial charge in [-0.1, -0.05) is 0 Å². The van der Waals surface area contributed by atoms with Gasteiger partial charge in [0.1, 0.15) is 0 Å². The Bertz CT molecular complexity index is 377. The van der Waals surface area contributed by atoms with Crippen LogP contribution in [-0.4, -0.2) is 74.7 Å². The van der Waals surface area contributed by atoms with Gasteiger partial charge in [0.05, 0.1) is 6.54 Å². The van der Waals surface area contributed by atoms with E-state index in [1.165, 1.54) is 19.3 Å². The molecule has 140 valence electrons. The Morgan fingerprint density at radius 3 is 2.46 bits per heavy atom. The third-order valence-corrected chi connectivity index (χ3v) is 4.61. The number of rotatable bonds is 9. The van der Waals surface area contributed by atoms with E-state index < -0.39 is 0 Å². The summed E-state index contributed by atoms with van der Waals surface area (Å²) in [5.41, 5.74) is 0. The molecule has 1 fully saturated rings. The normalized spacial score (nSPS) is 16.1. The van der Waals surface area contributed by atoms with Gasteiger partial charge in [-0.05, 0) is 46.0 Å². The molecule has 0 aromatic carbocycles. The molecule has 0 unspecified atom stereocenters. The minimum Gasteiger partial charge on any atom is -0.381 e. The van der Waals surface area contributed by atoms with E-state index in [0.717, 1.165) is 51.3 Å².